The van der Waals surface area contributed by atoms with E-state index in [1.54, 1.807) is 0 Å². The maximum atomic E-state index is 4.79. The second-order valence-corrected chi connectivity index (χ2v) is 8.13. The largest absolute Gasteiger partial charge is 0.369 e. The van der Waals surface area contributed by atoms with Gasteiger partial charge < -0.3 is 15.2 Å². The Morgan fingerprint density at radius 1 is 0.923 bits per heavy atom. The van der Waals surface area contributed by atoms with Crippen LogP contribution in [0.4, 0.5) is 5.69 Å². The maximum absolute atomic E-state index is 4.79. The highest BCUT2D eigenvalue weighted by molar-refractivity contribution is 6.14. The average molecular weight is 348 g/mol. The predicted octanol–water partition coefficient (Wildman–Crippen LogP) is 3.12. The molecule has 1 N–H and O–H groups in total. The van der Waals surface area contributed by atoms with Gasteiger partial charge in [0.05, 0.1) is 11.3 Å². The highest BCUT2D eigenvalue weighted by atomic mass is 15.3. The van der Waals surface area contributed by atoms with Crippen molar-refractivity contribution in [2.24, 2.45) is 5.10 Å². The Kier molecular flexibility index (Phi) is 4.45. The van der Waals surface area contributed by atoms with Crippen LogP contribution in [0, 0.1) is 0 Å². The Morgan fingerprint density at radius 3 is 2.35 bits per heavy atom. The molecule has 0 aliphatic carbocycles. The van der Waals surface area contributed by atoms with Gasteiger partial charge in [-0.15, -0.1) is 0 Å². The number of fused-ring (bicyclic) bond motifs is 1. The zero-order chi connectivity index (χ0) is 18.1. The number of likely N-dealkylation sites (N-methyl/N-ethyl adjacent to an activating group) is 1. The summed E-state index contributed by atoms with van der Waals surface area (Å²) >= 11 is 0. The summed E-state index contributed by atoms with van der Waals surface area (Å²) in [5, 5.41) is 4.79. The van der Waals surface area contributed by atoms with Crippen molar-refractivity contribution < 1.29 is 0 Å². The molecule has 0 unspecified atom stereocenters. The van der Waals surface area contributed by atoms with Crippen molar-refractivity contribution in [3.05, 3.63) is 65.2 Å². The first-order chi connectivity index (χ1) is 12.5. The molecular formula is C22H28N4. The van der Waals surface area contributed by atoms with Crippen LogP contribution < -0.4 is 10.3 Å². The maximum Gasteiger partial charge on any atom is 0.0976 e. The SMILES string of the molecule is CN1CCN(c2ccc(C3=NNC(C)(C)Cc4ccccc43)cc2)CC1. The topological polar surface area (TPSA) is 30.9 Å². The molecule has 2 aromatic carbocycles. The first kappa shape index (κ1) is 17.1. The number of anilines is 1. The zero-order valence-electron chi connectivity index (χ0n) is 16.0. The molecule has 0 atom stereocenters. The van der Waals surface area contributed by atoms with Crippen LogP contribution in [0.15, 0.2) is 53.6 Å². The summed E-state index contributed by atoms with van der Waals surface area (Å²) in [6.07, 6.45) is 0.968. The zero-order valence-corrected chi connectivity index (χ0v) is 16.0. The average Bonchev–Trinajstić information content (AvgIpc) is 2.77. The van der Waals surface area contributed by atoms with Gasteiger partial charge in [0.15, 0.2) is 0 Å². The Hall–Kier alpha value is -2.33. The third-order valence-corrected chi connectivity index (χ3v) is 5.38. The molecule has 2 heterocycles. The van der Waals surface area contributed by atoms with Crippen LogP contribution in [0.1, 0.15) is 30.5 Å². The Bertz CT molecular complexity index is 799. The summed E-state index contributed by atoms with van der Waals surface area (Å²) < 4.78 is 0. The molecule has 0 spiro atoms. The van der Waals surface area contributed by atoms with E-state index < -0.39 is 0 Å². The minimum Gasteiger partial charge on any atom is -0.369 e. The van der Waals surface area contributed by atoms with Crippen molar-refractivity contribution in [2.75, 3.05) is 38.1 Å². The second-order valence-electron chi connectivity index (χ2n) is 8.13. The monoisotopic (exact) mass is 348 g/mol. The van der Waals surface area contributed by atoms with Gasteiger partial charge in [0.1, 0.15) is 0 Å². The number of piperazine rings is 1. The fraction of sp³-hybridized carbons (Fsp3) is 0.409. The van der Waals surface area contributed by atoms with Crippen LogP contribution in [-0.2, 0) is 6.42 Å². The molecule has 2 aromatic rings. The number of hydrogen-bond donors (Lipinski definition) is 1. The number of nitrogens with one attached hydrogen (secondary N) is 1. The van der Waals surface area contributed by atoms with Gasteiger partial charge in [-0.05, 0) is 45.0 Å². The Morgan fingerprint density at radius 2 is 1.62 bits per heavy atom. The van der Waals surface area contributed by atoms with Crippen molar-refractivity contribution in [3.8, 4) is 0 Å². The number of benzene rings is 2. The van der Waals surface area contributed by atoms with Gasteiger partial charge in [-0.2, -0.15) is 5.10 Å². The minimum absolute atomic E-state index is 0.0440. The van der Waals surface area contributed by atoms with E-state index in [4.69, 9.17) is 5.10 Å². The molecule has 1 fully saturated rings. The lowest BCUT2D eigenvalue weighted by Gasteiger charge is -2.34. The van der Waals surface area contributed by atoms with Crippen molar-refractivity contribution in [2.45, 2.75) is 25.8 Å². The van der Waals surface area contributed by atoms with Gasteiger partial charge in [0, 0.05) is 43.0 Å². The van der Waals surface area contributed by atoms with Gasteiger partial charge in [0.25, 0.3) is 0 Å². The van der Waals surface area contributed by atoms with E-state index in [1.165, 1.54) is 22.4 Å². The highest BCUT2D eigenvalue weighted by Crippen LogP contribution is 2.25. The van der Waals surface area contributed by atoms with Crippen molar-refractivity contribution in [1.29, 1.82) is 0 Å². The molecule has 0 aromatic heterocycles. The predicted molar refractivity (Wildman–Crippen MR) is 109 cm³/mol. The molecule has 4 rings (SSSR count). The first-order valence-corrected chi connectivity index (χ1v) is 9.49. The normalized spacial score (nSPS) is 20.0. The van der Waals surface area contributed by atoms with Crippen LogP contribution in [-0.4, -0.2) is 49.4 Å². The van der Waals surface area contributed by atoms with E-state index >= 15 is 0 Å². The van der Waals surface area contributed by atoms with Crippen molar-refractivity contribution in [1.82, 2.24) is 10.3 Å². The molecule has 2 aliphatic rings. The van der Waals surface area contributed by atoms with Gasteiger partial charge >= 0.3 is 0 Å². The molecule has 0 bridgehead atoms. The van der Waals surface area contributed by atoms with Crippen LogP contribution >= 0.6 is 0 Å². The molecule has 26 heavy (non-hydrogen) atoms. The van der Waals surface area contributed by atoms with Gasteiger partial charge in [-0.25, -0.2) is 0 Å². The second kappa shape index (κ2) is 6.76. The van der Waals surface area contributed by atoms with Crippen LogP contribution in [0.2, 0.25) is 0 Å². The molecule has 4 heteroatoms. The molecule has 0 radical (unpaired) electrons. The molecule has 0 amide bonds. The summed E-state index contributed by atoms with van der Waals surface area (Å²) in [5.74, 6) is 0. The molecule has 4 nitrogen and oxygen atoms in total. The molecule has 136 valence electrons. The standard InChI is InChI=1S/C22H28N4/c1-22(2)16-18-6-4-5-7-20(18)21(23-24-22)17-8-10-19(11-9-17)26-14-12-25(3)13-15-26/h4-11,24H,12-16H2,1-3H3. The first-order valence-electron chi connectivity index (χ1n) is 9.49. The van der Waals surface area contributed by atoms with E-state index in [9.17, 15) is 0 Å². The third-order valence-electron chi connectivity index (χ3n) is 5.38. The van der Waals surface area contributed by atoms with Crippen molar-refractivity contribution >= 4 is 11.4 Å². The van der Waals surface area contributed by atoms with E-state index in [0.717, 1.165) is 38.3 Å². The Balaban J connectivity index is 1.64. The van der Waals surface area contributed by atoms with Gasteiger partial charge in [-0.1, -0.05) is 36.4 Å². The minimum atomic E-state index is -0.0440. The quantitative estimate of drug-likeness (QED) is 0.905. The summed E-state index contributed by atoms with van der Waals surface area (Å²) in [6, 6.07) is 17.5. The van der Waals surface area contributed by atoms with Gasteiger partial charge in [0.2, 0.25) is 0 Å². The van der Waals surface area contributed by atoms with Crippen molar-refractivity contribution in [3.63, 3.8) is 0 Å². The lowest BCUT2D eigenvalue weighted by atomic mass is 9.90. The van der Waals surface area contributed by atoms with E-state index in [-0.39, 0.29) is 5.54 Å². The fourth-order valence-corrected chi connectivity index (χ4v) is 3.80. The Labute approximate surface area is 156 Å². The summed E-state index contributed by atoms with van der Waals surface area (Å²) in [6.45, 7) is 8.84. The number of hydrogen-bond acceptors (Lipinski definition) is 4. The highest BCUT2D eigenvalue weighted by Gasteiger charge is 2.25. The fourth-order valence-electron chi connectivity index (χ4n) is 3.80. The lowest BCUT2D eigenvalue weighted by molar-refractivity contribution is 0.313. The summed E-state index contributed by atoms with van der Waals surface area (Å²) in [4.78, 5) is 4.85. The molecule has 0 saturated carbocycles. The molecule has 2 aliphatic heterocycles. The van der Waals surface area contributed by atoms with E-state index in [1.807, 2.05) is 0 Å². The number of nitrogens with zero attached hydrogens (tertiary/aromatic N) is 3. The number of hydrazone groups is 1. The van der Waals surface area contributed by atoms with Crippen LogP contribution in [0.25, 0.3) is 0 Å². The summed E-state index contributed by atoms with van der Waals surface area (Å²) in [7, 11) is 2.19. The lowest BCUT2D eigenvalue weighted by Crippen LogP contribution is -2.44. The number of rotatable bonds is 2. The summed E-state index contributed by atoms with van der Waals surface area (Å²) in [5.41, 5.74) is 9.42. The smallest absolute Gasteiger partial charge is 0.0976 e. The van der Waals surface area contributed by atoms with Gasteiger partial charge in [-0.3, -0.25) is 0 Å². The van der Waals surface area contributed by atoms with E-state index in [0.29, 0.717) is 0 Å². The molecule has 1 saturated heterocycles. The third kappa shape index (κ3) is 3.47. The van der Waals surface area contributed by atoms with Crippen LogP contribution in [0.5, 0.6) is 0 Å². The van der Waals surface area contributed by atoms with Crippen LogP contribution in [0.3, 0.4) is 0 Å². The van der Waals surface area contributed by atoms with E-state index in [2.05, 4.69) is 84.7 Å². The molecular weight excluding hydrogens is 320 g/mol.